The molecule has 3 unspecified atom stereocenters. The fourth-order valence-corrected chi connectivity index (χ4v) is 5.96. The SMILES string of the molecule is CC(C)OC(CCPCCCC(CCPCCC(OC(C)C)OC(C)C)OCCCN)OC(C)C. The first-order chi connectivity index (χ1) is 16.6. The molecule has 0 fully saturated rings. The molecule has 0 aromatic heterocycles. The Balaban J connectivity index is 4.21. The molecule has 0 saturated heterocycles. The molecular weight excluding hydrogens is 480 g/mol. The van der Waals surface area contributed by atoms with Crippen LogP contribution in [0.1, 0.15) is 93.9 Å². The van der Waals surface area contributed by atoms with E-state index in [0.29, 0.717) is 12.6 Å². The van der Waals surface area contributed by atoms with E-state index >= 15 is 0 Å². The summed E-state index contributed by atoms with van der Waals surface area (Å²) >= 11 is 0. The van der Waals surface area contributed by atoms with Crippen LogP contribution in [0.3, 0.4) is 0 Å². The third-order valence-electron chi connectivity index (χ3n) is 5.03. The minimum atomic E-state index is -0.0865. The van der Waals surface area contributed by atoms with E-state index in [2.05, 4.69) is 55.4 Å². The van der Waals surface area contributed by atoms with E-state index in [9.17, 15) is 0 Å². The Morgan fingerprint density at radius 2 is 0.971 bits per heavy atom. The van der Waals surface area contributed by atoms with E-state index in [1.807, 2.05) is 0 Å². The Morgan fingerprint density at radius 1 is 0.543 bits per heavy atom. The second-order valence-electron chi connectivity index (χ2n) is 10.2. The zero-order valence-corrected chi connectivity index (χ0v) is 26.1. The van der Waals surface area contributed by atoms with Crippen molar-refractivity contribution in [1.82, 2.24) is 0 Å². The monoisotopic (exact) mass is 539 g/mol. The minimum absolute atomic E-state index is 0.0766. The van der Waals surface area contributed by atoms with Crippen molar-refractivity contribution in [2.75, 3.05) is 37.8 Å². The number of nitrogens with two attached hydrogens (primary N) is 1. The molecule has 0 radical (unpaired) electrons. The zero-order chi connectivity index (χ0) is 26.5. The molecule has 0 bridgehead atoms. The number of rotatable bonds is 25. The topological polar surface area (TPSA) is 72.2 Å². The van der Waals surface area contributed by atoms with E-state index in [4.69, 9.17) is 29.4 Å². The fraction of sp³-hybridized carbons (Fsp3) is 1.00. The first-order valence-corrected chi connectivity index (χ1v) is 16.8. The summed E-state index contributed by atoms with van der Waals surface area (Å²) in [6.07, 6.45) is 12.2. The van der Waals surface area contributed by atoms with Gasteiger partial charge in [0.15, 0.2) is 12.6 Å². The normalized spacial score (nSPS) is 14.1. The first kappa shape index (κ1) is 35.6. The standard InChI is InChI=1S/C27H59NO5P2/c1-21(2)30-26(31-22(3)4)13-19-34-17-9-11-25(29-16-10-15-28)12-18-35-20-14-27(32-23(5)6)33-24(7)8/h21-27,34-35H,9-20,28H2,1-8H3. The second kappa shape index (κ2) is 23.7. The molecule has 0 aliphatic rings. The van der Waals surface area contributed by atoms with Crippen LogP contribution in [-0.4, -0.2) is 80.9 Å². The van der Waals surface area contributed by atoms with Gasteiger partial charge in [-0.3, -0.25) is 0 Å². The lowest BCUT2D eigenvalue weighted by molar-refractivity contribution is -0.181. The molecule has 8 heteroatoms. The molecule has 6 nitrogen and oxygen atoms in total. The highest BCUT2D eigenvalue weighted by atomic mass is 31.1. The highest BCUT2D eigenvalue weighted by Crippen LogP contribution is 2.23. The molecule has 0 spiro atoms. The molecule has 0 aromatic carbocycles. The maximum atomic E-state index is 6.19. The Bertz CT molecular complexity index is 435. The molecule has 2 N–H and O–H groups in total. The van der Waals surface area contributed by atoms with E-state index in [1.54, 1.807) is 0 Å². The van der Waals surface area contributed by atoms with Crippen molar-refractivity contribution >= 4 is 17.2 Å². The Labute approximate surface area is 221 Å². The van der Waals surface area contributed by atoms with Crippen molar-refractivity contribution in [3.63, 3.8) is 0 Å². The van der Waals surface area contributed by atoms with Crippen LogP contribution in [-0.2, 0) is 23.7 Å². The van der Waals surface area contributed by atoms with Gasteiger partial charge in [0.1, 0.15) is 0 Å². The molecule has 35 heavy (non-hydrogen) atoms. The molecule has 212 valence electrons. The van der Waals surface area contributed by atoms with Gasteiger partial charge in [0.05, 0.1) is 30.5 Å². The quantitative estimate of drug-likeness (QED) is 0.0825. The summed E-state index contributed by atoms with van der Waals surface area (Å²) < 4.78 is 29.9. The van der Waals surface area contributed by atoms with Crippen LogP contribution < -0.4 is 5.73 Å². The van der Waals surface area contributed by atoms with Gasteiger partial charge in [-0.15, -0.1) is 17.2 Å². The maximum absolute atomic E-state index is 6.19. The van der Waals surface area contributed by atoms with Crippen molar-refractivity contribution in [1.29, 1.82) is 0 Å². The third kappa shape index (κ3) is 24.7. The maximum Gasteiger partial charge on any atom is 0.158 e. The lowest BCUT2D eigenvalue weighted by atomic mass is 10.1. The highest BCUT2D eigenvalue weighted by Gasteiger charge is 2.15. The van der Waals surface area contributed by atoms with Crippen LogP contribution in [0.15, 0.2) is 0 Å². The van der Waals surface area contributed by atoms with Crippen molar-refractivity contribution < 1.29 is 23.7 Å². The lowest BCUT2D eigenvalue weighted by Crippen LogP contribution is -2.25. The van der Waals surface area contributed by atoms with Crippen LogP contribution in [0.25, 0.3) is 0 Å². The molecule has 0 aromatic rings. The van der Waals surface area contributed by atoms with Gasteiger partial charge >= 0.3 is 0 Å². The second-order valence-corrected chi connectivity index (χ2v) is 13.2. The summed E-state index contributed by atoms with van der Waals surface area (Å²) in [4.78, 5) is 0. The van der Waals surface area contributed by atoms with Gasteiger partial charge in [-0.05, 0) is 112 Å². The zero-order valence-electron chi connectivity index (χ0n) is 24.1. The molecular formula is C27H59NO5P2. The molecule has 0 amide bonds. The van der Waals surface area contributed by atoms with Crippen LogP contribution in [0.5, 0.6) is 0 Å². The number of hydrogen-bond acceptors (Lipinski definition) is 6. The third-order valence-corrected chi connectivity index (χ3v) is 7.67. The molecule has 0 aliphatic carbocycles. The summed E-state index contributed by atoms with van der Waals surface area (Å²) in [5.41, 5.74) is 5.67. The fourth-order valence-electron chi connectivity index (χ4n) is 3.60. The minimum Gasteiger partial charge on any atom is -0.378 e. The average molecular weight is 540 g/mol. The average Bonchev–Trinajstić information content (AvgIpc) is 2.73. The highest BCUT2D eigenvalue weighted by molar-refractivity contribution is 7.38. The van der Waals surface area contributed by atoms with Crippen molar-refractivity contribution in [2.45, 2.75) is 137 Å². The van der Waals surface area contributed by atoms with Crippen molar-refractivity contribution in [3.05, 3.63) is 0 Å². The van der Waals surface area contributed by atoms with Crippen LogP contribution in [0.4, 0.5) is 0 Å². The van der Waals surface area contributed by atoms with E-state index in [0.717, 1.165) is 62.0 Å². The summed E-state index contributed by atoms with van der Waals surface area (Å²) in [5, 5.41) is 0. The molecule has 0 rings (SSSR count). The van der Waals surface area contributed by atoms with Gasteiger partial charge in [-0.2, -0.15) is 0 Å². The van der Waals surface area contributed by atoms with Crippen molar-refractivity contribution in [2.24, 2.45) is 5.73 Å². The van der Waals surface area contributed by atoms with E-state index < -0.39 is 0 Å². The van der Waals surface area contributed by atoms with Crippen LogP contribution in [0.2, 0.25) is 0 Å². The smallest absolute Gasteiger partial charge is 0.158 e. The molecule has 0 saturated carbocycles. The van der Waals surface area contributed by atoms with Crippen LogP contribution in [0, 0.1) is 0 Å². The van der Waals surface area contributed by atoms with E-state index in [1.165, 1.54) is 24.9 Å². The summed E-state index contributed by atoms with van der Waals surface area (Å²) in [6.45, 7) is 18.0. The Hall–Kier alpha value is 0.620. The molecule has 0 heterocycles. The molecule has 3 atom stereocenters. The molecule has 0 aliphatic heterocycles. The predicted octanol–water partition coefficient (Wildman–Crippen LogP) is 6.38. The Kier molecular flexibility index (Phi) is 24.1. The Morgan fingerprint density at radius 3 is 1.40 bits per heavy atom. The van der Waals surface area contributed by atoms with E-state index in [-0.39, 0.29) is 37.0 Å². The summed E-state index contributed by atoms with van der Waals surface area (Å²) in [7, 11) is 1.88. The number of ether oxygens (including phenoxy) is 5. The van der Waals surface area contributed by atoms with Crippen LogP contribution >= 0.6 is 17.2 Å². The van der Waals surface area contributed by atoms with Gasteiger partial charge in [0, 0.05) is 19.4 Å². The van der Waals surface area contributed by atoms with Gasteiger partial charge in [-0.25, -0.2) is 0 Å². The first-order valence-electron chi connectivity index (χ1n) is 14.0. The van der Waals surface area contributed by atoms with Gasteiger partial charge < -0.3 is 29.4 Å². The number of hydrogen-bond donors (Lipinski definition) is 1. The van der Waals surface area contributed by atoms with Gasteiger partial charge in [0.2, 0.25) is 0 Å². The summed E-state index contributed by atoms with van der Waals surface area (Å²) in [6, 6.07) is 0. The lowest BCUT2D eigenvalue weighted by Gasteiger charge is -2.23. The van der Waals surface area contributed by atoms with Gasteiger partial charge in [-0.1, -0.05) is 0 Å². The van der Waals surface area contributed by atoms with Crippen molar-refractivity contribution in [3.8, 4) is 0 Å². The largest absolute Gasteiger partial charge is 0.378 e. The summed E-state index contributed by atoms with van der Waals surface area (Å²) in [5.74, 6) is 0. The van der Waals surface area contributed by atoms with Gasteiger partial charge in [0.25, 0.3) is 0 Å². The predicted molar refractivity (Wildman–Crippen MR) is 155 cm³/mol.